The molecule has 0 N–H and O–H groups in total. The predicted molar refractivity (Wildman–Crippen MR) is 58.4 cm³/mol. The van der Waals surface area contributed by atoms with Crippen molar-refractivity contribution in [1.82, 2.24) is 9.78 Å². The first-order valence-electron chi connectivity index (χ1n) is 5.22. The second-order valence-corrected chi connectivity index (χ2v) is 3.96. The maximum atomic E-state index is 12.8. The van der Waals surface area contributed by atoms with Crippen molar-refractivity contribution in [3.63, 3.8) is 0 Å². The first-order valence-corrected chi connectivity index (χ1v) is 5.22. The zero-order valence-electron chi connectivity index (χ0n) is 9.50. The highest BCUT2D eigenvalue weighted by molar-refractivity contribution is 5.62. The molecule has 1 aromatic carbocycles. The Morgan fingerprint density at radius 2 is 1.78 bits per heavy atom. The van der Waals surface area contributed by atoms with Crippen LogP contribution in [0.2, 0.25) is 0 Å². The summed E-state index contributed by atoms with van der Waals surface area (Å²) in [6, 6.07) is 5.29. The molecule has 0 atom stereocenters. The normalized spacial score (nSPS) is 11.8. The molecule has 0 aliphatic carbocycles. The molecule has 18 heavy (non-hydrogen) atoms. The fourth-order valence-corrected chi connectivity index (χ4v) is 1.75. The van der Waals surface area contributed by atoms with Crippen molar-refractivity contribution in [2.24, 2.45) is 0 Å². The van der Waals surface area contributed by atoms with E-state index in [9.17, 15) is 17.6 Å². The smallest absolute Gasteiger partial charge is 0.255 e. The number of benzene rings is 1. The monoisotopic (exact) mass is 258 g/mol. The number of rotatable bonds is 2. The lowest BCUT2D eigenvalue weighted by molar-refractivity contribution is -0.142. The molecule has 6 heteroatoms. The molecule has 1 aromatic heterocycles. The third-order valence-corrected chi connectivity index (χ3v) is 2.47. The van der Waals surface area contributed by atoms with Crippen LogP contribution in [0.5, 0.6) is 0 Å². The van der Waals surface area contributed by atoms with Crippen LogP contribution in [0.1, 0.15) is 5.56 Å². The summed E-state index contributed by atoms with van der Waals surface area (Å²) in [7, 11) is 0. The molecule has 0 bridgehead atoms. The van der Waals surface area contributed by atoms with Gasteiger partial charge in [0.1, 0.15) is 12.4 Å². The van der Waals surface area contributed by atoms with E-state index in [1.54, 1.807) is 6.92 Å². The SMILES string of the molecule is Cc1cnn(CC(F)(F)F)c1-c1ccc(F)cc1. The van der Waals surface area contributed by atoms with Crippen LogP contribution in [0.25, 0.3) is 11.3 Å². The number of alkyl halides is 3. The van der Waals surface area contributed by atoms with Crippen molar-refractivity contribution in [3.05, 3.63) is 41.8 Å². The van der Waals surface area contributed by atoms with E-state index in [0.29, 0.717) is 16.8 Å². The lowest BCUT2D eigenvalue weighted by Gasteiger charge is -2.11. The zero-order chi connectivity index (χ0) is 13.3. The van der Waals surface area contributed by atoms with Gasteiger partial charge in [0.2, 0.25) is 0 Å². The molecule has 0 aliphatic heterocycles. The van der Waals surface area contributed by atoms with Gasteiger partial charge in [-0.2, -0.15) is 18.3 Å². The minimum atomic E-state index is -4.34. The van der Waals surface area contributed by atoms with Gasteiger partial charge in [-0.15, -0.1) is 0 Å². The van der Waals surface area contributed by atoms with E-state index in [0.717, 1.165) is 4.68 Å². The number of aromatic nitrogens is 2. The van der Waals surface area contributed by atoms with Gasteiger partial charge in [0.15, 0.2) is 0 Å². The average Bonchev–Trinajstić information content (AvgIpc) is 2.59. The minimum Gasteiger partial charge on any atom is -0.255 e. The van der Waals surface area contributed by atoms with Gasteiger partial charge in [-0.3, -0.25) is 4.68 Å². The summed E-state index contributed by atoms with van der Waals surface area (Å²) in [6.45, 7) is 0.506. The standard InChI is InChI=1S/C12H10F4N2/c1-8-6-17-18(7-12(14,15)16)11(8)9-2-4-10(13)5-3-9/h2-6H,7H2,1H3. The molecule has 1 heterocycles. The van der Waals surface area contributed by atoms with Crippen LogP contribution in [0.3, 0.4) is 0 Å². The number of nitrogens with zero attached hydrogens (tertiary/aromatic N) is 2. The molecule has 0 radical (unpaired) electrons. The molecule has 2 aromatic rings. The third kappa shape index (κ3) is 2.69. The van der Waals surface area contributed by atoms with E-state index >= 15 is 0 Å². The molecule has 96 valence electrons. The lowest BCUT2D eigenvalue weighted by Crippen LogP contribution is -2.19. The summed E-state index contributed by atoms with van der Waals surface area (Å²) in [4.78, 5) is 0. The number of aryl methyl sites for hydroxylation is 1. The molecule has 2 nitrogen and oxygen atoms in total. The van der Waals surface area contributed by atoms with E-state index in [4.69, 9.17) is 0 Å². The third-order valence-electron chi connectivity index (χ3n) is 2.47. The predicted octanol–water partition coefficient (Wildman–Crippen LogP) is 3.56. The van der Waals surface area contributed by atoms with Crippen LogP contribution < -0.4 is 0 Å². The van der Waals surface area contributed by atoms with E-state index < -0.39 is 18.5 Å². The maximum absolute atomic E-state index is 12.8. The van der Waals surface area contributed by atoms with E-state index in [1.807, 2.05) is 0 Å². The molecule has 0 unspecified atom stereocenters. The molecule has 0 saturated carbocycles. The van der Waals surface area contributed by atoms with Crippen LogP contribution in [-0.2, 0) is 6.54 Å². The van der Waals surface area contributed by atoms with Crippen molar-refractivity contribution in [2.75, 3.05) is 0 Å². The summed E-state index contributed by atoms with van der Waals surface area (Å²) < 4.78 is 50.8. The first kappa shape index (κ1) is 12.6. The Morgan fingerprint density at radius 1 is 1.17 bits per heavy atom. The van der Waals surface area contributed by atoms with Gasteiger partial charge in [0.25, 0.3) is 0 Å². The number of hydrogen-bond acceptors (Lipinski definition) is 1. The molecular weight excluding hydrogens is 248 g/mol. The Labute approximate surface area is 101 Å². The Bertz CT molecular complexity index is 540. The zero-order valence-corrected chi connectivity index (χ0v) is 9.50. The average molecular weight is 258 g/mol. The topological polar surface area (TPSA) is 17.8 Å². The van der Waals surface area contributed by atoms with Gasteiger partial charge in [-0.05, 0) is 36.8 Å². The fraction of sp³-hybridized carbons (Fsp3) is 0.250. The van der Waals surface area contributed by atoms with Crippen LogP contribution in [-0.4, -0.2) is 16.0 Å². The van der Waals surface area contributed by atoms with Crippen LogP contribution >= 0.6 is 0 Å². The largest absolute Gasteiger partial charge is 0.408 e. The second kappa shape index (κ2) is 4.44. The van der Waals surface area contributed by atoms with Gasteiger partial charge in [-0.1, -0.05) is 0 Å². The maximum Gasteiger partial charge on any atom is 0.408 e. The molecule has 0 spiro atoms. The van der Waals surface area contributed by atoms with Gasteiger partial charge in [-0.25, -0.2) is 4.39 Å². The molecule has 0 saturated heterocycles. The molecule has 0 amide bonds. The van der Waals surface area contributed by atoms with Gasteiger partial charge in [0, 0.05) is 5.56 Å². The summed E-state index contributed by atoms with van der Waals surface area (Å²) in [5.74, 6) is -0.432. The van der Waals surface area contributed by atoms with E-state index in [2.05, 4.69) is 5.10 Å². The molecule has 2 rings (SSSR count). The van der Waals surface area contributed by atoms with Gasteiger partial charge < -0.3 is 0 Å². The summed E-state index contributed by atoms with van der Waals surface area (Å²) in [6.07, 6.45) is -2.97. The highest BCUT2D eigenvalue weighted by Crippen LogP contribution is 2.26. The van der Waals surface area contributed by atoms with E-state index in [1.165, 1.54) is 30.5 Å². The summed E-state index contributed by atoms with van der Waals surface area (Å²) in [5.41, 5.74) is 1.48. The van der Waals surface area contributed by atoms with Crippen molar-refractivity contribution < 1.29 is 17.6 Å². The molecule has 0 aliphatic rings. The molecular formula is C12H10F4N2. The fourth-order valence-electron chi connectivity index (χ4n) is 1.75. The Balaban J connectivity index is 2.43. The van der Waals surface area contributed by atoms with Crippen LogP contribution in [0.15, 0.2) is 30.5 Å². The van der Waals surface area contributed by atoms with Gasteiger partial charge >= 0.3 is 6.18 Å². The van der Waals surface area contributed by atoms with Crippen molar-refractivity contribution >= 4 is 0 Å². The van der Waals surface area contributed by atoms with Crippen molar-refractivity contribution in [3.8, 4) is 11.3 Å². The van der Waals surface area contributed by atoms with Crippen molar-refractivity contribution in [1.29, 1.82) is 0 Å². The quantitative estimate of drug-likeness (QED) is 0.753. The summed E-state index contributed by atoms with van der Waals surface area (Å²) >= 11 is 0. The highest BCUT2D eigenvalue weighted by atomic mass is 19.4. The van der Waals surface area contributed by atoms with Gasteiger partial charge in [0.05, 0.1) is 11.9 Å². The first-order chi connectivity index (χ1) is 8.37. The summed E-state index contributed by atoms with van der Waals surface area (Å²) in [5, 5.41) is 3.70. The highest BCUT2D eigenvalue weighted by Gasteiger charge is 2.30. The minimum absolute atomic E-state index is 0.354. The lowest BCUT2D eigenvalue weighted by atomic mass is 10.1. The van der Waals surface area contributed by atoms with Crippen LogP contribution in [0, 0.1) is 12.7 Å². The number of hydrogen-bond donors (Lipinski definition) is 0. The number of halogens is 4. The van der Waals surface area contributed by atoms with Crippen LogP contribution in [0.4, 0.5) is 17.6 Å². The Kier molecular flexibility index (Phi) is 3.11. The molecule has 0 fully saturated rings. The second-order valence-electron chi connectivity index (χ2n) is 3.96. The van der Waals surface area contributed by atoms with Crippen molar-refractivity contribution in [2.45, 2.75) is 19.6 Å². The Morgan fingerprint density at radius 3 is 2.33 bits per heavy atom. The Hall–Kier alpha value is -1.85. The van der Waals surface area contributed by atoms with E-state index in [-0.39, 0.29) is 0 Å².